The highest BCUT2D eigenvalue weighted by molar-refractivity contribution is 6.07. The van der Waals surface area contributed by atoms with Crippen molar-refractivity contribution in [3.8, 4) is 0 Å². The van der Waals surface area contributed by atoms with E-state index in [9.17, 15) is 14.0 Å². The van der Waals surface area contributed by atoms with E-state index in [4.69, 9.17) is 4.98 Å². The summed E-state index contributed by atoms with van der Waals surface area (Å²) in [6.07, 6.45) is 3.55. The first kappa shape index (κ1) is 28.7. The fraction of sp³-hybridized carbons (Fsp3) is 0.286. The molecule has 0 bridgehead atoms. The Bertz CT molecular complexity index is 1620. The Balaban J connectivity index is 1.09. The molecule has 0 atom stereocenters. The second-order valence-corrected chi connectivity index (χ2v) is 11.3. The Morgan fingerprint density at radius 1 is 0.791 bits per heavy atom. The fourth-order valence-corrected chi connectivity index (χ4v) is 5.71. The van der Waals surface area contributed by atoms with E-state index < -0.39 is 0 Å². The number of pyridine rings is 1. The Morgan fingerprint density at radius 2 is 1.44 bits per heavy atom. The van der Waals surface area contributed by atoms with Crippen molar-refractivity contribution in [3.05, 3.63) is 107 Å². The minimum Gasteiger partial charge on any atom is -0.369 e. The molecule has 6 rings (SSSR count). The smallest absolute Gasteiger partial charge is 0.185 e. The minimum absolute atomic E-state index is 0.000468. The van der Waals surface area contributed by atoms with Crippen molar-refractivity contribution >= 4 is 40.1 Å². The Hall–Kier alpha value is -4.40. The van der Waals surface area contributed by atoms with E-state index in [2.05, 4.69) is 38.8 Å². The molecule has 0 unspecified atom stereocenters. The number of Topliss-reactive ketones (excluding diaryl/α,β-unsaturated/α-hetero) is 1. The number of anilines is 2. The molecule has 220 valence electrons. The molecule has 0 radical (unpaired) electrons. The highest BCUT2D eigenvalue weighted by atomic mass is 19.1. The zero-order chi connectivity index (χ0) is 29.8. The first-order valence-electron chi connectivity index (χ1n) is 14.8. The molecule has 2 fully saturated rings. The van der Waals surface area contributed by atoms with Crippen molar-refractivity contribution in [2.45, 2.75) is 0 Å². The number of likely N-dealkylation sites (N-methyl/N-ethyl adjacent to an activating group) is 1. The Kier molecular flexibility index (Phi) is 8.58. The molecule has 4 aromatic rings. The first-order valence-corrected chi connectivity index (χ1v) is 14.8. The quantitative estimate of drug-likeness (QED) is 0.215. The van der Waals surface area contributed by atoms with Crippen LogP contribution < -0.4 is 9.80 Å². The first-order chi connectivity index (χ1) is 20.9. The molecule has 1 aromatic heterocycles. The van der Waals surface area contributed by atoms with Crippen LogP contribution in [-0.4, -0.2) is 92.3 Å². The maximum Gasteiger partial charge on any atom is 0.185 e. The van der Waals surface area contributed by atoms with Crippen LogP contribution in [0.3, 0.4) is 0 Å². The van der Waals surface area contributed by atoms with Gasteiger partial charge in [-0.05, 0) is 79.9 Å². The minimum atomic E-state index is -0.341. The third-order valence-electron chi connectivity index (χ3n) is 8.37. The number of nitrogens with zero attached hydrogens (tertiary/aromatic N) is 5. The zero-order valence-electron chi connectivity index (χ0n) is 24.5. The van der Waals surface area contributed by atoms with Crippen molar-refractivity contribution in [2.75, 3.05) is 75.8 Å². The number of allylic oxidation sites excluding steroid dienone is 1. The molecular formula is C35H36FN5O2. The zero-order valence-corrected chi connectivity index (χ0v) is 24.5. The van der Waals surface area contributed by atoms with Gasteiger partial charge in [-0.25, -0.2) is 9.37 Å². The van der Waals surface area contributed by atoms with E-state index in [0.717, 1.165) is 80.3 Å². The van der Waals surface area contributed by atoms with Crippen molar-refractivity contribution in [2.24, 2.45) is 0 Å². The summed E-state index contributed by atoms with van der Waals surface area (Å²) in [7, 11) is 2.14. The summed E-state index contributed by atoms with van der Waals surface area (Å²) >= 11 is 0. The monoisotopic (exact) mass is 577 g/mol. The van der Waals surface area contributed by atoms with Crippen molar-refractivity contribution in [1.29, 1.82) is 0 Å². The highest BCUT2D eigenvalue weighted by Gasteiger charge is 2.21. The lowest BCUT2D eigenvalue weighted by Gasteiger charge is -2.35. The number of carbonyl (C=O) groups excluding carboxylic acids is 2. The molecule has 0 aliphatic carbocycles. The van der Waals surface area contributed by atoms with Crippen LogP contribution in [0.15, 0.2) is 84.9 Å². The molecule has 3 aromatic carbocycles. The molecule has 43 heavy (non-hydrogen) atoms. The van der Waals surface area contributed by atoms with Gasteiger partial charge in [-0.3, -0.25) is 14.5 Å². The molecule has 3 heterocycles. The van der Waals surface area contributed by atoms with E-state index in [0.29, 0.717) is 17.7 Å². The number of rotatable bonds is 8. The lowest BCUT2D eigenvalue weighted by atomic mass is 10.1. The molecule has 2 saturated heterocycles. The van der Waals surface area contributed by atoms with Gasteiger partial charge < -0.3 is 14.7 Å². The number of hydrogen-bond acceptors (Lipinski definition) is 7. The van der Waals surface area contributed by atoms with Gasteiger partial charge in [-0.15, -0.1) is 0 Å². The Labute approximate surface area is 251 Å². The maximum absolute atomic E-state index is 13.2. The predicted molar refractivity (Wildman–Crippen MR) is 171 cm³/mol. The normalized spacial score (nSPS) is 16.7. The second kappa shape index (κ2) is 12.9. The summed E-state index contributed by atoms with van der Waals surface area (Å²) in [6.45, 7) is 7.16. The molecular weight excluding hydrogens is 541 g/mol. The summed E-state index contributed by atoms with van der Waals surface area (Å²) in [6, 6.07) is 23.7. The van der Waals surface area contributed by atoms with Crippen LogP contribution in [0.25, 0.3) is 17.0 Å². The topological polar surface area (TPSA) is 60.0 Å². The Morgan fingerprint density at radius 3 is 2.16 bits per heavy atom. The van der Waals surface area contributed by atoms with Crippen molar-refractivity contribution in [3.63, 3.8) is 0 Å². The number of ketones is 2. The van der Waals surface area contributed by atoms with Gasteiger partial charge in [0.15, 0.2) is 11.6 Å². The SMILES string of the molecule is CN1CCN(c2nc3ccccc3cc2/C=C/C(=O)c2ccc(N3CCN(CC(=O)c4ccc(F)cc4)CC3)cc2)CC1. The number of para-hydroxylation sites is 1. The molecule has 8 heteroatoms. The van der Waals surface area contributed by atoms with Gasteiger partial charge >= 0.3 is 0 Å². The van der Waals surface area contributed by atoms with Gasteiger partial charge in [0.1, 0.15) is 11.6 Å². The number of benzene rings is 3. The molecule has 0 N–H and O–H groups in total. The van der Waals surface area contributed by atoms with E-state index in [1.165, 1.54) is 24.3 Å². The van der Waals surface area contributed by atoms with Gasteiger partial charge in [0, 0.05) is 80.1 Å². The van der Waals surface area contributed by atoms with Gasteiger partial charge in [-0.1, -0.05) is 18.2 Å². The summed E-state index contributed by atoms with van der Waals surface area (Å²) in [4.78, 5) is 39.8. The third kappa shape index (κ3) is 6.82. The molecule has 0 amide bonds. The van der Waals surface area contributed by atoms with Crippen LogP contribution in [0.1, 0.15) is 26.3 Å². The summed E-state index contributed by atoms with van der Waals surface area (Å²) < 4.78 is 13.2. The average Bonchev–Trinajstić information content (AvgIpc) is 3.04. The molecule has 0 saturated carbocycles. The highest BCUT2D eigenvalue weighted by Crippen LogP contribution is 2.26. The lowest BCUT2D eigenvalue weighted by Crippen LogP contribution is -2.48. The van der Waals surface area contributed by atoms with E-state index in [1.54, 1.807) is 6.08 Å². The van der Waals surface area contributed by atoms with Crippen LogP contribution in [-0.2, 0) is 0 Å². The third-order valence-corrected chi connectivity index (χ3v) is 8.37. The van der Waals surface area contributed by atoms with E-state index in [1.807, 2.05) is 48.5 Å². The van der Waals surface area contributed by atoms with Crippen LogP contribution >= 0.6 is 0 Å². The van der Waals surface area contributed by atoms with Crippen molar-refractivity contribution in [1.82, 2.24) is 14.8 Å². The fourth-order valence-electron chi connectivity index (χ4n) is 5.71. The van der Waals surface area contributed by atoms with E-state index in [-0.39, 0.29) is 17.4 Å². The van der Waals surface area contributed by atoms with Crippen LogP contribution in [0, 0.1) is 5.82 Å². The lowest BCUT2D eigenvalue weighted by molar-refractivity contribution is 0.0926. The predicted octanol–water partition coefficient (Wildman–Crippen LogP) is 5.03. The average molecular weight is 578 g/mol. The van der Waals surface area contributed by atoms with Crippen LogP contribution in [0.4, 0.5) is 15.9 Å². The van der Waals surface area contributed by atoms with Crippen LogP contribution in [0.5, 0.6) is 0 Å². The van der Waals surface area contributed by atoms with Gasteiger partial charge in [-0.2, -0.15) is 0 Å². The number of carbonyl (C=O) groups is 2. The van der Waals surface area contributed by atoms with Gasteiger partial charge in [0.2, 0.25) is 0 Å². The molecule has 2 aliphatic heterocycles. The summed E-state index contributed by atoms with van der Waals surface area (Å²) in [5.41, 5.74) is 4.13. The molecule has 0 spiro atoms. The van der Waals surface area contributed by atoms with Crippen molar-refractivity contribution < 1.29 is 14.0 Å². The van der Waals surface area contributed by atoms with Gasteiger partial charge in [0.05, 0.1) is 12.1 Å². The number of aromatic nitrogens is 1. The van der Waals surface area contributed by atoms with E-state index >= 15 is 0 Å². The summed E-state index contributed by atoms with van der Waals surface area (Å²) in [5.74, 6) is 0.531. The molecule has 7 nitrogen and oxygen atoms in total. The second-order valence-electron chi connectivity index (χ2n) is 11.3. The summed E-state index contributed by atoms with van der Waals surface area (Å²) in [5, 5.41) is 1.05. The number of fused-ring (bicyclic) bond motifs is 1. The number of halogens is 1. The standard InChI is InChI=1S/C35H36FN5O2/c1-38-16-20-41(21-17-38)35-29(24-28-4-2-3-5-32(28)37-35)10-15-33(42)26-8-13-31(14-9-26)40-22-18-39(19-23-40)25-34(43)27-6-11-30(36)12-7-27/h2-15,24H,16-23,25H2,1H3/b15-10+. The van der Waals surface area contributed by atoms with Crippen LogP contribution in [0.2, 0.25) is 0 Å². The largest absolute Gasteiger partial charge is 0.369 e. The maximum atomic E-state index is 13.2. The molecule has 2 aliphatic rings. The number of piperazine rings is 2. The number of hydrogen-bond donors (Lipinski definition) is 0. The van der Waals surface area contributed by atoms with Gasteiger partial charge in [0.25, 0.3) is 0 Å².